The first-order valence-electron chi connectivity index (χ1n) is 8.23. The van der Waals surface area contributed by atoms with Crippen LogP contribution in [0.4, 0.5) is 11.6 Å². The number of nitrogens with one attached hydrogen (secondary N) is 2. The second-order valence-corrected chi connectivity index (χ2v) is 6.33. The number of rotatable bonds is 3. The third-order valence-corrected chi connectivity index (χ3v) is 4.47. The van der Waals surface area contributed by atoms with Crippen LogP contribution in [0.25, 0.3) is 11.0 Å². The van der Waals surface area contributed by atoms with Crippen molar-refractivity contribution in [3.63, 3.8) is 0 Å². The van der Waals surface area contributed by atoms with Crippen LogP contribution in [0.1, 0.15) is 12.0 Å². The second kappa shape index (κ2) is 6.05. The van der Waals surface area contributed by atoms with Crippen LogP contribution in [0.3, 0.4) is 0 Å². The quantitative estimate of drug-likeness (QED) is 0.773. The Morgan fingerprint density at radius 3 is 2.72 bits per heavy atom. The first kappa shape index (κ1) is 15.4. The Labute approximate surface area is 144 Å². The number of hydrogen-bond acceptors (Lipinski definition) is 3. The molecule has 2 N–H and O–H groups in total. The molecule has 0 radical (unpaired) electrons. The van der Waals surface area contributed by atoms with Crippen molar-refractivity contribution in [1.82, 2.24) is 9.97 Å². The predicted molar refractivity (Wildman–Crippen MR) is 96.4 cm³/mol. The lowest BCUT2D eigenvalue weighted by atomic mass is 10.1. The number of benzene rings is 2. The summed E-state index contributed by atoms with van der Waals surface area (Å²) in [4.78, 5) is 33.9. The van der Waals surface area contributed by atoms with Gasteiger partial charge in [-0.15, -0.1) is 0 Å². The smallest absolute Gasteiger partial charge is 0.232 e. The molecule has 1 aliphatic heterocycles. The molecule has 2 heterocycles. The van der Waals surface area contributed by atoms with E-state index in [1.807, 2.05) is 55.5 Å². The minimum Gasteiger partial charge on any atom is -0.324 e. The number of carbonyl (C=O) groups excluding carboxylic acids is 2. The summed E-state index contributed by atoms with van der Waals surface area (Å²) in [5.74, 6) is -0.204. The lowest BCUT2D eigenvalue weighted by Gasteiger charge is -2.16. The molecule has 0 spiro atoms. The molecule has 2 aromatic carbocycles. The van der Waals surface area contributed by atoms with Crippen molar-refractivity contribution in [1.29, 1.82) is 0 Å². The summed E-state index contributed by atoms with van der Waals surface area (Å²) in [7, 11) is 0. The Morgan fingerprint density at radius 2 is 1.96 bits per heavy atom. The molecule has 1 atom stereocenters. The Morgan fingerprint density at radius 1 is 1.20 bits per heavy atom. The summed E-state index contributed by atoms with van der Waals surface area (Å²) >= 11 is 0. The molecule has 126 valence electrons. The molecular weight excluding hydrogens is 316 g/mol. The van der Waals surface area contributed by atoms with E-state index in [4.69, 9.17) is 0 Å². The zero-order valence-electron chi connectivity index (χ0n) is 13.8. The maximum atomic E-state index is 12.5. The Bertz CT molecular complexity index is 912. The van der Waals surface area contributed by atoms with Crippen molar-refractivity contribution in [3.05, 3.63) is 54.1 Å². The lowest BCUT2D eigenvalue weighted by Crippen LogP contribution is -2.28. The highest BCUT2D eigenvalue weighted by Gasteiger charge is 2.35. The van der Waals surface area contributed by atoms with Gasteiger partial charge >= 0.3 is 0 Å². The summed E-state index contributed by atoms with van der Waals surface area (Å²) < 4.78 is 0. The van der Waals surface area contributed by atoms with Gasteiger partial charge in [-0.1, -0.05) is 29.8 Å². The fourth-order valence-corrected chi connectivity index (χ4v) is 3.09. The molecule has 4 rings (SSSR count). The first-order chi connectivity index (χ1) is 12.1. The molecule has 3 aromatic rings. The SMILES string of the molecule is Cc1ccc(N2CC(C(=O)Nc3nc4ccccc4[nH]3)CC2=O)cc1. The van der Waals surface area contributed by atoms with Crippen molar-refractivity contribution in [2.75, 3.05) is 16.8 Å². The van der Waals surface area contributed by atoms with E-state index in [1.54, 1.807) is 4.90 Å². The number of fused-ring (bicyclic) bond motifs is 1. The molecule has 2 amide bonds. The minimum atomic E-state index is -0.387. The van der Waals surface area contributed by atoms with Crippen LogP contribution in [-0.4, -0.2) is 28.3 Å². The van der Waals surface area contributed by atoms with Crippen molar-refractivity contribution in [3.8, 4) is 0 Å². The van der Waals surface area contributed by atoms with Crippen LogP contribution in [0.15, 0.2) is 48.5 Å². The van der Waals surface area contributed by atoms with Gasteiger partial charge in [0, 0.05) is 18.7 Å². The maximum absolute atomic E-state index is 12.5. The molecule has 1 saturated heterocycles. The summed E-state index contributed by atoms with van der Waals surface area (Å²) in [6.45, 7) is 2.38. The number of aromatic nitrogens is 2. The summed E-state index contributed by atoms with van der Waals surface area (Å²) in [6.07, 6.45) is 0.208. The van der Waals surface area contributed by atoms with Crippen molar-refractivity contribution in [2.45, 2.75) is 13.3 Å². The van der Waals surface area contributed by atoms with E-state index in [2.05, 4.69) is 15.3 Å². The number of nitrogens with zero attached hydrogens (tertiary/aromatic N) is 2. The van der Waals surface area contributed by atoms with Gasteiger partial charge < -0.3 is 9.88 Å². The van der Waals surface area contributed by atoms with Gasteiger partial charge in [0.25, 0.3) is 0 Å². The maximum Gasteiger partial charge on any atom is 0.232 e. The van der Waals surface area contributed by atoms with Crippen LogP contribution in [-0.2, 0) is 9.59 Å². The second-order valence-electron chi connectivity index (χ2n) is 6.33. The molecule has 1 fully saturated rings. The first-order valence-corrected chi connectivity index (χ1v) is 8.23. The molecule has 1 unspecified atom stereocenters. The molecule has 1 aromatic heterocycles. The topological polar surface area (TPSA) is 78.1 Å². The number of H-pyrrole nitrogens is 1. The number of aromatic amines is 1. The van der Waals surface area contributed by atoms with E-state index >= 15 is 0 Å². The highest BCUT2D eigenvalue weighted by molar-refractivity contribution is 6.03. The van der Waals surface area contributed by atoms with E-state index in [9.17, 15) is 9.59 Å². The van der Waals surface area contributed by atoms with Crippen LogP contribution >= 0.6 is 0 Å². The zero-order chi connectivity index (χ0) is 17.4. The fourth-order valence-electron chi connectivity index (χ4n) is 3.09. The molecule has 6 nitrogen and oxygen atoms in total. The standard InChI is InChI=1S/C19H18N4O2/c1-12-6-8-14(9-7-12)23-11-13(10-17(23)24)18(25)22-19-20-15-4-2-3-5-16(15)21-19/h2-9,13H,10-11H2,1H3,(H2,20,21,22,25). The summed E-state index contributed by atoms with van der Waals surface area (Å²) in [6, 6.07) is 15.3. The summed E-state index contributed by atoms with van der Waals surface area (Å²) in [5, 5.41) is 2.79. The number of aryl methyl sites for hydroxylation is 1. The van der Waals surface area contributed by atoms with Gasteiger partial charge in [-0.2, -0.15) is 0 Å². The normalized spacial score (nSPS) is 17.2. The lowest BCUT2D eigenvalue weighted by molar-refractivity contribution is -0.122. The van der Waals surface area contributed by atoms with Gasteiger partial charge in [-0.25, -0.2) is 4.98 Å². The van der Waals surface area contributed by atoms with Crippen molar-refractivity contribution < 1.29 is 9.59 Å². The molecule has 1 aliphatic rings. The fraction of sp³-hybridized carbons (Fsp3) is 0.211. The predicted octanol–water partition coefficient (Wildman–Crippen LogP) is 2.86. The highest BCUT2D eigenvalue weighted by atomic mass is 16.2. The third-order valence-electron chi connectivity index (χ3n) is 4.47. The highest BCUT2D eigenvalue weighted by Crippen LogP contribution is 2.26. The number of imidazole rings is 1. The Balaban J connectivity index is 1.47. The van der Waals surface area contributed by atoms with Gasteiger partial charge in [-0.05, 0) is 31.2 Å². The largest absolute Gasteiger partial charge is 0.324 e. The van der Waals surface area contributed by atoms with E-state index in [0.717, 1.165) is 22.3 Å². The summed E-state index contributed by atoms with van der Waals surface area (Å²) in [5.41, 5.74) is 3.62. The third kappa shape index (κ3) is 2.98. The van der Waals surface area contributed by atoms with E-state index in [-0.39, 0.29) is 24.2 Å². The van der Waals surface area contributed by atoms with Gasteiger partial charge in [0.1, 0.15) is 0 Å². The average Bonchev–Trinajstić information content (AvgIpc) is 3.18. The number of hydrogen-bond donors (Lipinski definition) is 2. The van der Waals surface area contributed by atoms with Gasteiger partial charge in [0.2, 0.25) is 17.8 Å². The minimum absolute atomic E-state index is 0.0337. The van der Waals surface area contributed by atoms with Crippen LogP contribution in [0.5, 0.6) is 0 Å². The molecule has 0 saturated carbocycles. The van der Waals surface area contributed by atoms with E-state index in [1.165, 1.54) is 0 Å². The van der Waals surface area contributed by atoms with Gasteiger partial charge in [-0.3, -0.25) is 14.9 Å². The molecule has 0 bridgehead atoms. The van der Waals surface area contributed by atoms with E-state index in [0.29, 0.717) is 12.5 Å². The van der Waals surface area contributed by atoms with Crippen LogP contribution < -0.4 is 10.2 Å². The van der Waals surface area contributed by atoms with E-state index < -0.39 is 0 Å². The van der Waals surface area contributed by atoms with Crippen molar-refractivity contribution in [2.24, 2.45) is 5.92 Å². The van der Waals surface area contributed by atoms with Crippen LogP contribution in [0, 0.1) is 12.8 Å². The van der Waals surface area contributed by atoms with Crippen LogP contribution in [0.2, 0.25) is 0 Å². The zero-order valence-corrected chi connectivity index (χ0v) is 13.8. The number of anilines is 2. The van der Waals surface area contributed by atoms with Crippen molar-refractivity contribution >= 4 is 34.5 Å². The van der Waals surface area contributed by atoms with Gasteiger partial charge in [0.05, 0.1) is 17.0 Å². The molecule has 0 aliphatic carbocycles. The van der Waals surface area contributed by atoms with Gasteiger partial charge in [0.15, 0.2) is 0 Å². The number of para-hydroxylation sites is 2. The number of amides is 2. The number of carbonyl (C=O) groups is 2. The molecule has 6 heteroatoms. The average molecular weight is 334 g/mol. The molecule has 25 heavy (non-hydrogen) atoms. The molecular formula is C19H18N4O2. The Hall–Kier alpha value is -3.15. The Kier molecular flexibility index (Phi) is 3.72. The monoisotopic (exact) mass is 334 g/mol.